The molecule has 0 saturated carbocycles. The van der Waals surface area contributed by atoms with Crippen molar-refractivity contribution in [3.05, 3.63) is 52.8 Å². The van der Waals surface area contributed by atoms with Gasteiger partial charge in [-0.2, -0.15) is 0 Å². The van der Waals surface area contributed by atoms with Gasteiger partial charge in [0.1, 0.15) is 29.8 Å². The second kappa shape index (κ2) is 5.33. The van der Waals surface area contributed by atoms with Gasteiger partial charge in [-0.05, 0) is 43.2 Å². The number of carbonyl (C=O) groups is 1. The van der Waals surface area contributed by atoms with Gasteiger partial charge < -0.3 is 15.2 Å². The van der Waals surface area contributed by atoms with E-state index in [0.717, 1.165) is 22.8 Å². The van der Waals surface area contributed by atoms with Gasteiger partial charge in [0.2, 0.25) is 5.91 Å². The van der Waals surface area contributed by atoms with Gasteiger partial charge in [-0.1, -0.05) is 6.07 Å². The molecule has 0 spiro atoms. The summed E-state index contributed by atoms with van der Waals surface area (Å²) in [6.07, 6.45) is 0. The lowest BCUT2D eigenvalue weighted by molar-refractivity contribution is -0.117. The molecular formula is C17H16FNO3. The van der Waals surface area contributed by atoms with Gasteiger partial charge in [0.25, 0.3) is 0 Å². The first kappa shape index (κ1) is 14.4. The maximum atomic E-state index is 13.7. The number of carbonyl (C=O) groups excluding carboxylic acids is 1. The van der Waals surface area contributed by atoms with E-state index < -0.39 is 11.7 Å². The normalized spacial score (nSPS) is 16.0. The molecule has 4 nitrogen and oxygen atoms in total. The molecule has 1 atom stereocenters. The number of phenols is 1. The van der Waals surface area contributed by atoms with Crippen LogP contribution in [0.5, 0.6) is 11.5 Å². The van der Waals surface area contributed by atoms with Gasteiger partial charge in [0.05, 0.1) is 5.69 Å². The Morgan fingerprint density at radius 3 is 2.73 bits per heavy atom. The van der Waals surface area contributed by atoms with Crippen LogP contribution in [0.1, 0.15) is 22.6 Å². The summed E-state index contributed by atoms with van der Waals surface area (Å²) in [5.41, 5.74) is 3.04. The molecule has 0 radical (unpaired) electrons. The molecule has 0 bridgehead atoms. The van der Waals surface area contributed by atoms with Crippen LogP contribution >= 0.6 is 0 Å². The Morgan fingerprint density at radius 1 is 1.27 bits per heavy atom. The van der Waals surface area contributed by atoms with Crippen molar-refractivity contribution in [3.8, 4) is 11.5 Å². The highest BCUT2D eigenvalue weighted by Gasteiger charge is 2.31. The first-order chi connectivity index (χ1) is 10.5. The quantitative estimate of drug-likeness (QED) is 0.837. The molecule has 0 aromatic heterocycles. The summed E-state index contributed by atoms with van der Waals surface area (Å²) in [5.74, 6) is -0.952. The number of aryl methyl sites for hydroxylation is 2. The lowest BCUT2D eigenvalue weighted by atomic mass is 9.96. The summed E-state index contributed by atoms with van der Waals surface area (Å²) in [4.78, 5) is 12.4. The highest BCUT2D eigenvalue weighted by Crippen LogP contribution is 2.36. The second-order valence-electron chi connectivity index (χ2n) is 5.49. The van der Waals surface area contributed by atoms with Crippen molar-refractivity contribution in [3.63, 3.8) is 0 Å². The SMILES string of the molecule is Cc1cc2c(cc1C)[C@H](C(=O)Nc1ccc(O)cc1F)CO2. The highest BCUT2D eigenvalue weighted by molar-refractivity contribution is 5.97. The Labute approximate surface area is 127 Å². The fourth-order valence-electron chi connectivity index (χ4n) is 2.51. The molecule has 0 saturated heterocycles. The van der Waals surface area contributed by atoms with Crippen molar-refractivity contribution in [2.45, 2.75) is 19.8 Å². The average molecular weight is 301 g/mol. The van der Waals surface area contributed by atoms with Crippen LogP contribution in [0.2, 0.25) is 0 Å². The topological polar surface area (TPSA) is 58.6 Å². The van der Waals surface area contributed by atoms with E-state index in [9.17, 15) is 14.3 Å². The lowest BCUT2D eigenvalue weighted by Gasteiger charge is -2.12. The van der Waals surface area contributed by atoms with Crippen molar-refractivity contribution < 1.29 is 19.0 Å². The molecule has 22 heavy (non-hydrogen) atoms. The van der Waals surface area contributed by atoms with E-state index in [-0.39, 0.29) is 24.0 Å². The predicted molar refractivity (Wildman–Crippen MR) is 80.8 cm³/mol. The molecule has 0 aliphatic carbocycles. The van der Waals surface area contributed by atoms with Crippen LogP contribution in [0.25, 0.3) is 0 Å². The minimum atomic E-state index is -0.674. The van der Waals surface area contributed by atoms with E-state index in [1.54, 1.807) is 0 Å². The van der Waals surface area contributed by atoms with Gasteiger partial charge in [-0.25, -0.2) is 4.39 Å². The highest BCUT2D eigenvalue weighted by atomic mass is 19.1. The molecule has 2 N–H and O–H groups in total. The van der Waals surface area contributed by atoms with Crippen molar-refractivity contribution in [1.29, 1.82) is 0 Å². The number of phenolic OH excluding ortho intramolecular Hbond substituents is 1. The van der Waals surface area contributed by atoms with Crippen LogP contribution in [-0.2, 0) is 4.79 Å². The Bertz CT molecular complexity index is 758. The summed E-state index contributed by atoms with van der Waals surface area (Å²) in [6, 6.07) is 7.47. The van der Waals surface area contributed by atoms with E-state index in [1.165, 1.54) is 12.1 Å². The smallest absolute Gasteiger partial charge is 0.235 e. The zero-order valence-corrected chi connectivity index (χ0v) is 12.3. The number of anilines is 1. The number of ether oxygens (including phenoxy) is 1. The number of benzene rings is 2. The van der Waals surface area contributed by atoms with Gasteiger partial charge in [0, 0.05) is 11.6 Å². The summed E-state index contributed by atoms with van der Waals surface area (Å²) in [6.45, 7) is 4.20. The summed E-state index contributed by atoms with van der Waals surface area (Å²) < 4.78 is 19.3. The predicted octanol–water partition coefficient (Wildman–Crippen LogP) is 3.26. The third-order valence-corrected chi connectivity index (χ3v) is 3.93. The van der Waals surface area contributed by atoms with Crippen LogP contribution in [0.3, 0.4) is 0 Å². The number of rotatable bonds is 2. The minimum absolute atomic E-state index is 0.0417. The molecule has 1 heterocycles. The van der Waals surface area contributed by atoms with E-state index in [0.29, 0.717) is 5.75 Å². The van der Waals surface area contributed by atoms with E-state index in [1.807, 2.05) is 26.0 Å². The summed E-state index contributed by atoms with van der Waals surface area (Å²) in [5, 5.41) is 11.7. The maximum absolute atomic E-state index is 13.7. The van der Waals surface area contributed by atoms with Crippen LogP contribution in [-0.4, -0.2) is 17.6 Å². The fraction of sp³-hybridized carbons (Fsp3) is 0.235. The van der Waals surface area contributed by atoms with Crippen molar-refractivity contribution in [1.82, 2.24) is 0 Å². The summed E-state index contributed by atoms with van der Waals surface area (Å²) >= 11 is 0. The van der Waals surface area contributed by atoms with Gasteiger partial charge in [0.15, 0.2) is 0 Å². The molecule has 3 rings (SSSR count). The summed E-state index contributed by atoms with van der Waals surface area (Å²) in [7, 11) is 0. The third kappa shape index (κ3) is 2.50. The van der Waals surface area contributed by atoms with Gasteiger partial charge in [-0.3, -0.25) is 4.79 Å². The Kier molecular flexibility index (Phi) is 3.48. The van der Waals surface area contributed by atoms with Gasteiger partial charge >= 0.3 is 0 Å². The lowest BCUT2D eigenvalue weighted by Crippen LogP contribution is -2.22. The number of aromatic hydroxyl groups is 1. The maximum Gasteiger partial charge on any atom is 0.235 e. The third-order valence-electron chi connectivity index (χ3n) is 3.93. The number of amides is 1. The number of halogens is 1. The number of fused-ring (bicyclic) bond motifs is 1. The van der Waals surface area contributed by atoms with Gasteiger partial charge in [-0.15, -0.1) is 0 Å². The van der Waals surface area contributed by atoms with Crippen LogP contribution in [0.4, 0.5) is 10.1 Å². The number of hydrogen-bond donors (Lipinski definition) is 2. The molecule has 1 aliphatic heterocycles. The zero-order chi connectivity index (χ0) is 15.9. The van der Waals surface area contributed by atoms with Crippen LogP contribution < -0.4 is 10.1 Å². The largest absolute Gasteiger partial charge is 0.508 e. The van der Waals surface area contributed by atoms with Crippen LogP contribution in [0, 0.1) is 19.7 Å². The zero-order valence-electron chi connectivity index (χ0n) is 12.3. The standard InChI is InChI=1S/C17H16FNO3/c1-9-5-12-13(8-22-16(12)6-10(9)2)17(21)19-15-4-3-11(20)7-14(15)18/h3-7,13,20H,8H2,1-2H3,(H,19,21)/t13-/m1/s1. The molecule has 0 fully saturated rings. The van der Waals surface area contributed by atoms with E-state index in [4.69, 9.17) is 4.74 Å². The van der Waals surface area contributed by atoms with E-state index in [2.05, 4.69) is 5.32 Å². The first-order valence-electron chi connectivity index (χ1n) is 6.99. The first-order valence-corrected chi connectivity index (χ1v) is 6.99. The molecular weight excluding hydrogens is 285 g/mol. The molecule has 0 unspecified atom stereocenters. The van der Waals surface area contributed by atoms with Crippen molar-refractivity contribution in [2.24, 2.45) is 0 Å². The Morgan fingerprint density at radius 2 is 2.00 bits per heavy atom. The fourth-order valence-corrected chi connectivity index (χ4v) is 2.51. The molecule has 1 amide bonds. The monoisotopic (exact) mass is 301 g/mol. The number of hydrogen-bond acceptors (Lipinski definition) is 3. The molecule has 2 aromatic carbocycles. The van der Waals surface area contributed by atoms with Crippen molar-refractivity contribution in [2.75, 3.05) is 11.9 Å². The Hall–Kier alpha value is -2.56. The molecule has 1 aliphatic rings. The average Bonchev–Trinajstić information content (AvgIpc) is 2.85. The van der Waals surface area contributed by atoms with Crippen molar-refractivity contribution >= 4 is 11.6 Å². The number of nitrogens with one attached hydrogen (secondary N) is 1. The second-order valence-corrected chi connectivity index (χ2v) is 5.49. The Balaban J connectivity index is 1.85. The van der Waals surface area contributed by atoms with Crippen LogP contribution in [0.15, 0.2) is 30.3 Å². The minimum Gasteiger partial charge on any atom is -0.508 e. The molecule has 114 valence electrons. The van der Waals surface area contributed by atoms with E-state index >= 15 is 0 Å². The molecule has 2 aromatic rings. The molecule has 5 heteroatoms.